The number of hydrogen-bond acceptors (Lipinski definition) is 15. The van der Waals surface area contributed by atoms with E-state index in [1.165, 1.54) is 31.2 Å². The number of hydrogen-bond donors (Lipinski definition) is 8. The van der Waals surface area contributed by atoms with E-state index in [0.717, 1.165) is 19.1 Å². The van der Waals surface area contributed by atoms with Crippen LogP contribution in [-0.4, -0.2) is 109 Å². The first-order valence-corrected chi connectivity index (χ1v) is 13.6. The molecule has 0 saturated carbocycles. The topological polar surface area (TPSA) is 246 Å². The van der Waals surface area contributed by atoms with Crippen LogP contribution >= 0.6 is 0 Å². The number of fused-ring (bicyclic) bond motifs is 1. The van der Waals surface area contributed by atoms with Crippen LogP contribution in [0.2, 0.25) is 0 Å². The molecule has 2 fully saturated rings. The smallest absolute Gasteiger partial charge is 0.303 e. The molecule has 3 heterocycles. The molecule has 44 heavy (non-hydrogen) atoms. The zero-order valence-corrected chi connectivity index (χ0v) is 23.4. The number of carbonyl (C=O) groups is 1. The summed E-state index contributed by atoms with van der Waals surface area (Å²) in [5.41, 5.74) is -1.03. The van der Waals surface area contributed by atoms with Crippen LogP contribution in [0.5, 0.6) is 17.2 Å². The Morgan fingerprint density at radius 3 is 2.20 bits per heavy atom. The highest BCUT2D eigenvalue weighted by Crippen LogP contribution is 2.46. The van der Waals surface area contributed by atoms with Gasteiger partial charge in [0.05, 0.1) is 18.3 Å². The van der Waals surface area contributed by atoms with Crippen molar-refractivity contribution in [3.05, 3.63) is 52.2 Å². The first kappa shape index (κ1) is 31.6. The van der Waals surface area contributed by atoms with Crippen LogP contribution in [0, 0.1) is 0 Å². The second kappa shape index (κ2) is 12.3. The van der Waals surface area contributed by atoms with Crippen molar-refractivity contribution in [2.24, 2.45) is 0 Å². The second-order valence-corrected chi connectivity index (χ2v) is 10.7. The van der Waals surface area contributed by atoms with Crippen molar-refractivity contribution in [2.45, 2.75) is 75.1 Å². The van der Waals surface area contributed by atoms with Crippen molar-refractivity contribution in [2.75, 3.05) is 6.61 Å². The normalized spacial score (nSPS) is 32.4. The summed E-state index contributed by atoms with van der Waals surface area (Å²) in [6.45, 7) is 1.72. The van der Waals surface area contributed by atoms with Gasteiger partial charge in [-0.2, -0.15) is 0 Å². The molecular weight excluding hydrogens is 588 g/mol. The molecule has 2 aliphatic rings. The number of aromatic hydroxyl groups is 3. The number of benzene rings is 2. The Kier molecular flexibility index (Phi) is 8.84. The standard InChI is InChI=1S/C29H32O15/c1-10-26(41-11(2)31)24(38)25(39)29(40-10)44-28-23(37)21(35)18(9-30)43-27(28)20-15(34)8-17-19(22(20)36)14(33)7-16(42-17)12-3-5-13(32)6-4-12/h3-8,10,18,21,23-30,32,34-39H,9H2,1-2H3/t10-,18+,21+,23-,24-,25+,26-,27?,28+,29-/m0/s1. The van der Waals surface area contributed by atoms with Crippen LogP contribution in [0.25, 0.3) is 22.3 Å². The fraction of sp³-hybridized carbons (Fsp3) is 0.448. The van der Waals surface area contributed by atoms with Gasteiger partial charge in [-0.25, -0.2) is 0 Å². The highest BCUT2D eigenvalue weighted by Gasteiger charge is 2.52. The van der Waals surface area contributed by atoms with Gasteiger partial charge in [-0.05, 0) is 31.2 Å². The summed E-state index contributed by atoms with van der Waals surface area (Å²) in [5, 5.41) is 84.2. The van der Waals surface area contributed by atoms with E-state index in [9.17, 15) is 50.4 Å². The van der Waals surface area contributed by atoms with E-state index in [4.69, 9.17) is 23.4 Å². The highest BCUT2D eigenvalue weighted by atomic mass is 16.7. The molecule has 5 rings (SSSR count). The van der Waals surface area contributed by atoms with Crippen LogP contribution in [0.15, 0.2) is 45.6 Å². The van der Waals surface area contributed by atoms with Crippen molar-refractivity contribution in [1.82, 2.24) is 0 Å². The maximum Gasteiger partial charge on any atom is 0.303 e. The van der Waals surface area contributed by atoms with Crippen LogP contribution < -0.4 is 5.43 Å². The minimum Gasteiger partial charge on any atom is -0.508 e. The molecule has 238 valence electrons. The molecule has 1 unspecified atom stereocenters. The summed E-state index contributed by atoms with van der Waals surface area (Å²) in [7, 11) is 0. The van der Waals surface area contributed by atoms with E-state index < -0.39 is 96.3 Å². The van der Waals surface area contributed by atoms with Gasteiger partial charge in [0, 0.05) is 24.6 Å². The zero-order chi connectivity index (χ0) is 32.0. The number of esters is 1. The molecule has 15 nitrogen and oxygen atoms in total. The molecule has 3 aromatic rings. The lowest BCUT2D eigenvalue weighted by atomic mass is 9.89. The molecule has 15 heteroatoms. The molecule has 0 amide bonds. The molecule has 2 saturated heterocycles. The largest absolute Gasteiger partial charge is 0.508 e. The maximum atomic E-state index is 13.2. The van der Waals surface area contributed by atoms with Crippen LogP contribution in [-0.2, 0) is 23.7 Å². The van der Waals surface area contributed by atoms with Gasteiger partial charge < -0.3 is 64.2 Å². The monoisotopic (exact) mass is 620 g/mol. The zero-order valence-electron chi connectivity index (χ0n) is 23.4. The van der Waals surface area contributed by atoms with Crippen LogP contribution in [0.4, 0.5) is 0 Å². The molecule has 0 radical (unpaired) electrons. The minimum absolute atomic E-state index is 0.0196. The third-order valence-electron chi connectivity index (χ3n) is 7.68. The number of carbonyl (C=O) groups excluding carboxylic acids is 1. The quantitative estimate of drug-likeness (QED) is 0.162. The highest BCUT2D eigenvalue weighted by molar-refractivity contribution is 5.88. The summed E-state index contributed by atoms with van der Waals surface area (Å²) in [5.74, 6) is -2.21. The number of phenols is 3. The van der Waals surface area contributed by atoms with Gasteiger partial charge in [0.1, 0.15) is 76.7 Å². The summed E-state index contributed by atoms with van der Waals surface area (Å²) in [6, 6.07) is 7.82. The predicted molar refractivity (Wildman–Crippen MR) is 146 cm³/mol. The maximum absolute atomic E-state index is 13.2. The Morgan fingerprint density at radius 2 is 1.57 bits per heavy atom. The van der Waals surface area contributed by atoms with Crippen molar-refractivity contribution in [1.29, 1.82) is 0 Å². The van der Waals surface area contributed by atoms with Crippen molar-refractivity contribution >= 4 is 16.9 Å². The van der Waals surface area contributed by atoms with Gasteiger partial charge >= 0.3 is 5.97 Å². The predicted octanol–water partition coefficient (Wildman–Crippen LogP) is -0.486. The molecule has 2 aromatic carbocycles. The Hall–Kier alpha value is -3.80. The third-order valence-corrected chi connectivity index (χ3v) is 7.68. The molecule has 1 aromatic heterocycles. The van der Waals surface area contributed by atoms with Gasteiger partial charge in [0.2, 0.25) is 0 Å². The number of rotatable bonds is 6. The van der Waals surface area contributed by atoms with E-state index in [1.54, 1.807) is 0 Å². The fourth-order valence-electron chi connectivity index (χ4n) is 5.45. The van der Waals surface area contributed by atoms with Gasteiger partial charge in [-0.1, -0.05) is 0 Å². The van der Waals surface area contributed by atoms with E-state index in [1.807, 2.05) is 0 Å². The first-order valence-electron chi connectivity index (χ1n) is 13.6. The number of aliphatic hydroxyl groups is 5. The number of aliphatic hydroxyl groups excluding tert-OH is 5. The average molecular weight is 621 g/mol. The van der Waals surface area contributed by atoms with Crippen LogP contribution in [0.1, 0.15) is 25.5 Å². The summed E-state index contributed by atoms with van der Waals surface area (Å²) >= 11 is 0. The lowest BCUT2D eigenvalue weighted by Crippen LogP contribution is -2.62. The molecule has 0 aliphatic carbocycles. The molecule has 0 spiro atoms. The van der Waals surface area contributed by atoms with E-state index in [-0.39, 0.29) is 22.5 Å². The van der Waals surface area contributed by atoms with Crippen molar-refractivity contribution < 1.29 is 69.0 Å². The molecule has 10 atom stereocenters. The molecule has 8 N–H and O–H groups in total. The lowest BCUT2D eigenvalue weighted by molar-refractivity contribution is -0.338. The SMILES string of the molecule is CC(=O)O[C@@H]1[C@@H](O)[C@@H](O)[C@H](O[C@H]2C(c3c(O)cc4oc(-c5ccc(O)cc5)cc(=O)c4c3O)O[C@H](CO)[C@@H](O)[C@@H]2O)O[C@H]1C. The van der Waals surface area contributed by atoms with E-state index in [2.05, 4.69) is 0 Å². The first-order chi connectivity index (χ1) is 20.8. The second-order valence-electron chi connectivity index (χ2n) is 10.7. The van der Waals surface area contributed by atoms with Crippen molar-refractivity contribution in [3.8, 4) is 28.6 Å². The Labute approximate surface area is 248 Å². The van der Waals surface area contributed by atoms with Crippen LogP contribution in [0.3, 0.4) is 0 Å². The van der Waals surface area contributed by atoms with Crippen molar-refractivity contribution in [3.63, 3.8) is 0 Å². The molecule has 0 bridgehead atoms. The van der Waals surface area contributed by atoms with Gasteiger partial charge in [-0.15, -0.1) is 0 Å². The molecule has 2 aliphatic heterocycles. The summed E-state index contributed by atoms with van der Waals surface area (Å²) in [4.78, 5) is 24.6. The lowest BCUT2D eigenvalue weighted by Gasteiger charge is -2.46. The Bertz CT molecular complexity index is 1570. The van der Waals surface area contributed by atoms with E-state index >= 15 is 0 Å². The third kappa shape index (κ3) is 5.71. The van der Waals surface area contributed by atoms with E-state index in [0.29, 0.717) is 5.56 Å². The van der Waals surface area contributed by atoms with Gasteiger partial charge in [-0.3, -0.25) is 9.59 Å². The Morgan fingerprint density at radius 1 is 0.909 bits per heavy atom. The summed E-state index contributed by atoms with van der Waals surface area (Å²) < 4.78 is 27.9. The Balaban J connectivity index is 1.55. The average Bonchev–Trinajstić information content (AvgIpc) is 2.97. The molecular formula is C29H32O15. The van der Waals surface area contributed by atoms with Gasteiger partial charge in [0.25, 0.3) is 0 Å². The number of phenolic OH excluding ortho intramolecular Hbond substituents is 3. The minimum atomic E-state index is -1.89. The fourth-order valence-corrected chi connectivity index (χ4v) is 5.45. The number of ether oxygens (including phenoxy) is 4. The van der Waals surface area contributed by atoms with Gasteiger partial charge in [0.15, 0.2) is 17.8 Å². The summed E-state index contributed by atoms with van der Waals surface area (Å²) in [6.07, 6.45) is -16.1.